The van der Waals surface area contributed by atoms with Gasteiger partial charge < -0.3 is 5.11 Å². The van der Waals surface area contributed by atoms with Crippen molar-refractivity contribution in [3.63, 3.8) is 0 Å². The van der Waals surface area contributed by atoms with Crippen LogP contribution in [0, 0.1) is 10.1 Å². The highest BCUT2D eigenvalue weighted by Crippen LogP contribution is 2.23. The molecule has 2 aromatic rings. The van der Waals surface area contributed by atoms with Crippen molar-refractivity contribution in [2.24, 2.45) is 5.10 Å². The second-order valence-electron chi connectivity index (χ2n) is 3.79. The molecule has 0 fully saturated rings. The molecule has 0 aliphatic heterocycles. The smallest absolute Gasteiger partial charge is 0.324 e. The standard InChI is InChI=1S/C12H8BrN3O4S/c13-7-1-3-10(17)9(5-7)12(18)15-14-6-8-2-4-11(21-8)16(19)20/h1-6,17H,(H,15,18)/b14-6-. The third-order valence-electron chi connectivity index (χ3n) is 2.35. The predicted octanol–water partition coefficient (Wildman–Crippen LogP) is 2.89. The molecule has 0 unspecified atom stereocenters. The molecule has 2 rings (SSSR count). The Morgan fingerprint density at radius 1 is 1.43 bits per heavy atom. The predicted molar refractivity (Wildman–Crippen MR) is 81.8 cm³/mol. The molecule has 0 saturated carbocycles. The summed E-state index contributed by atoms with van der Waals surface area (Å²) < 4.78 is 0.642. The van der Waals surface area contributed by atoms with E-state index >= 15 is 0 Å². The summed E-state index contributed by atoms with van der Waals surface area (Å²) in [6, 6.07) is 7.31. The van der Waals surface area contributed by atoms with E-state index < -0.39 is 10.8 Å². The molecule has 2 N–H and O–H groups in total. The number of phenols is 1. The minimum absolute atomic E-state index is 0.00703. The van der Waals surface area contributed by atoms with Gasteiger partial charge in [-0.05, 0) is 24.3 Å². The molecule has 1 aromatic heterocycles. The Balaban J connectivity index is 2.04. The van der Waals surface area contributed by atoms with Crippen LogP contribution in [0.4, 0.5) is 5.00 Å². The molecule has 0 bridgehead atoms. The Morgan fingerprint density at radius 3 is 2.86 bits per heavy atom. The first-order valence-corrected chi connectivity index (χ1v) is 7.14. The number of nitrogens with one attached hydrogen (secondary N) is 1. The van der Waals surface area contributed by atoms with Gasteiger partial charge in [0.1, 0.15) is 5.75 Å². The number of hydrogen-bond donors (Lipinski definition) is 2. The van der Waals surface area contributed by atoms with Gasteiger partial charge in [-0.15, -0.1) is 0 Å². The summed E-state index contributed by atoms with van der Waals surface area (Å²) in [5.41, 5.74) is 2.31. The molecule has 21 heavy (non-hydrogen) atoms. The summed E-state index contributed by atoms with van der Waals surface area (Å²) >= 11 is 4.13. The van der Waals surface area contributed by atoms with E-state index in [1.165, 1.54) is 30.5 Å². The maximum Gasteiger partial charge on any atom is 0.324 e. The van der Waals surface area contributed by atoms with Crippen molar-refractivity contribution in [1.29, 1.82) is 0 Å². The molecular formula is C12H8BrN3O4S. The van der Waals surface area contributed by atoms with Crippen LogP contribution in [0.25, 0.3) is 0 Å². The van der Waals surface area contributed by atoms with Gasteiger partial charge >= 0.3 is 5.00 Å². The number of hydrogen-bond acceptors (Lipinski definition) is 6. The largest absolute Gasteiger partial charge is 0.507 e. The van der Waals surface area contributed by atoms with E-state index in [0.29, 0.717) is 9.35 Å². The fraction of sp³-hybridized carbons (Fsp3) is 0. The Hall–Kier alpha value is -2.26. The number of carbonyl (C=O) groups is 1. The zero-order chi connectivity index (χ0) is 15.4. The number of thiophene rings is 1. The van der Waals surface area contributed by atoms with E-state index in [2.05, 4.69) is 26.5 Å². The number of carbonyl (C=O) groups excluding carboxylic acids is 1. The number of amides is 1. The van der Waals surface area contributed by atoms with Crippen LogP contribution >= 0.6 is 27.3 Å². The minimum atomic E-state index is -0.587. The van der Waals surface area contributed by atoms with E-state index in [0.717, 1.165) is 11.3 Å². The van der Waals surface area contributed by atoms with Gasteiger partial charge in [-0.3, -0.25) is 14.9 Å². The van der Waals surface area contributed by atoms with Gasteiger partial charge in [-0.2, -0.15) is 5.10 Å². The summed E-state index contributed by atoms with van der Waals surface area (Å²) in [6.07, 6.45) is 1.30. The number of halogens is 1. The Labute approximate surface area is 131 Å². The van der Waals surface area contributed by atoms with Gasteiger partial charge in [0.25, 0.3) is 5.91 Å². The van der Waals surface area contributed by atoms with Gasteiger partial charge in [0.2, 0.25) is 0 Å². The fourth-order valence-corrected chi connectivity index (χ4v) is 2.47. The summed E-state index contributed by atoms with van der Waals surface area (Å²) in [5.74, 6) is -0.756. The van der Waals surface area contributed by atoms with Crippen LogP contribution in [0.2, 0.25) is 0 Å². The second-order valence-corrected chi connectivity index (χ2v) is 5.80. The SMILES string of the molecule is O=C(N/N=C\c1ccc([N+](=O)[O-])s1)c1cc(Br)ccc1O. The zero-order valence-electron chi connectivity index (χ0n) is 10.3. The number of rotatable bonds is 4. The zero-order valence-corrected chi connectivity index (χ0v) is 12.7. The van der Waals surface area contributed by atoms with Crippen LogP contribution in [0.3, 0.4) is 0 Å². The molecule has 0 saturated heterocycles. The van der Waals surface area contributed by atoms with Crippen LogP contribution in [0.15, 0.2) is 39.9 Å². The highest BCUT2D eigenvalue weighted by Gasteiger charge is 2.11. The first-order valence-electron chi connectivity index (χ1n) is 5.53. The van der Waals surface area contributed by atoms with Gasteiger partial charge in [0.15, 0.2) is 0 Å². The summed E-state index contributed by atoms with van der Waals surface area (Å²) in [6.45, 7) is 0. The second kappa shape index (κ2) is 6.46. The lowest BCUT2D eigenvalue weighted by Gasteiger charge is -2.03. The van der Waals surface area contributed by atoms with Crippen molar-refractivity contribution < 1.29 is 14.8 Å². The Morgan fingerprint density at radius 2 is 2.19 bits per heavy atom. The molecule has 9 heteroatoms. The van der Waals surface area contributed by atoms with Crippen LogP contribution in [0.5, 0.6) is 5.75 Å². The lowest BCUT2D eigenvalue weighted by molar-refractivity contribution is -0.380. The highest BCUT2D eigenvalue weighted by molar-refractivity contribution is 9.10. The van der Waals surface area contributed by atoms with Crippen molar-refractivity contribution in [2.75, 3.05) is 0 Å². The molecule has 0 aliphatic carbocycles. The number of benzene rings is 1. The third-order valence-corrected chi connectivity index (χ3v) is 3.82. The first kappa shape index (κ1) is 15.1. The van der Waals surface area contributed by atoms with E-state index in [9.17, 15) is 20.0 Å². The first-order chi connectivity index (χ1) is 9.97. The van der Waals surface area contributed by atoms with Crippen LogP contribution in [-0.2, 0) is 0 Å². The lowest BCUT2D eigenvalue weighted by atomic mass is 10.2. The molecular weight excluding hydrogens is 362 g/mol. The maximum atomic E-state index is 11.8. The minimum Gasteiger partial charge on any atom is -0.507 e. The highest BCUT2D eigenvalue weighted by atomic mass is 79.9. The molecule has 0 atom stereocenters. The van der Waals surface area contributed by atoms with Gasteiger partial charge in [-0.1, -0.05) is 27.3 Å². The third kappa shape index (κ3) is 3.86. The van der Waals surface area contributed by atoms with Crippen molar-refractivity contribution >= 4 is 44.4 Å². The number of phenolic OH excluding ortho intramolecular Hbond substituents is 1. The van der Waals surface area contributed by atoms with Crippen molar-refractivity contribution in [2.45, 2.75) is 0 Å². The van der Waals surface area contributed by atoms with E-state index in [-0.39, 0.29) is 16.3 Å². The van der Waals surface area contributed by atoms with Crippen LogP contribution in [-0.4, -0.2) is 22.2 Å². The van der Waals surface area contributed by atoms with Crippen LogP contribution < -0.4 is 5.43 Å². The summed E-state index contributed by atoms with van der Waals surface area (Å²) in [4.78, 5) is 22.4. The summed E-state index contributed by atoms with van der Waals surface area (Å²) in [7, 11) is 0. The normalized spacial score (nSPS) is 10.7. The monoisotopic (exact) mass is 369 g/mol. The molecule has 108 valence electrons. The number of nitro groups is 1. The molecule has 0 radical (unpaired) electrons. The number of nitrogens with zero attached hydrogens (tertiary/aromatic N) is 2. The molecule has 0 spiro atoms. The van der Waals surface area contributed by atoms with Gasteiger partial charge in [-0.25, -0.2) is 5.43 Å². The van der Waals surface area contributed by atoms with Gasteiger partial charge in [0, 0.05) is 10.5 Å². The van der Waals surface area contributed by atoms with Gasteiger partial charge in [0.05, 0.1) is 21.6 Å². The molecule has 1 heterocycles. The molecule has 1 amide bonds. The average Bonchev–Trinajstić information content (AvgIpc) is 2.90. The van der Waals surface area contributed by atoms with Crippen LogP contribution in [0.1, 0.15) is 15.2 Å². The van der Waals surface area contributed by atoms with Crippen molar-refractivity contribution in [3.05, 3.63) is 55.4 Å². The Bertz CT molecular complexity index is 729. The van der Waals surface area contributed by atoms with E-state index in [1.807, 2.05) is 0 Å². The summed E-state index contributed by atoms with van der Waals surface area (Å²) in [5, 5.41) is 23.8. The quantitative estimate of drug-likeness (QED) is 0.490. The fourth-order valence-electron chi connectivity index (χ4n) is 1.41. The maximum absolute atomic E-state index is 11.8. The Kier molecular flexibility index (Phi) is 4.66. The topological polar surface area (TPSA) is 105 Å². The molecule has 0 aliphatic rings. The van der Waals surface area contributed by atoms with Crippen molar-refractivity contribution in [1.82, 2.24) is 5.43 Å². The molecule has 1 aromatic carbocycles. The van der Waals surface area contributed by atoms with E-state index in [4.69, 9.17) is 0 Å². The molecule has 7 nitrogen and oxygen atoms in total. The van der Waals surface area contributed by atoms with Crippen molar-refractivity contribution in [3.8, 4) is 5.75 Å². The average molecular weight is 370 g/mol. The number of hydrazone groups is 1. The van der Waals surface area contributed by atoms with E-state index in [1.54, 1.807) is 6.07 Å². The lowest BCUT2D eigenvalue weighted by Crippen LogP contribution is -2.17. The number of aromatic hydroxyl groups is 1.